The van der Waals surface area contributed by atoms with Crippen molar-refractivity contribution in [2.24, 2.45) is 5.92 Å². The second kappa shape index (κ2) is 9.80. The van der Waals surface area contributed by atoms with E-state index in [4.69, 9.17) is 16.3 Å². The lowest BCUT2D eigenvalue weighted by atomic mass is 9.80. The minimum atomic E-state index is -0.171. The van der Waals surface area contributed by atoms with Crippen LogP contribution in [0.15, 0.2) is 42.5 Å². The highest BCUT2D eigenvalue weighted by atomic mass is 35.5. The number of hydrogen-bond donors (Lipinski definition) is 0. The van der Waals surface area contributed by atoms with E-state index in [1.54, 1.807) is 0 Å². The normalized spacial score (nSPS) is 19.6. The molecule has 2 nitrogen and oxygen atoms in total. The molecule has 0 bridgehead atoms. The number of esters is 1. The lowest BCUT2D eigenvalue weighted by Gasteiger charge is -2.27. The van der Waals surface area contributed by atoms with Crippen molar-refractivity contribution in [3.63, 3.8) is 0 Å². The van der Waals surface area contributed by atoms with Crippen LogP contribution in [0.25, 0.3) is 0 Å². The van der Waals surface area contributed by atoms with Crippen molar-refractivity contribution in [3.05, 3.63) is 69.7 Å². The molecule has 1 saturated carbocycles. The minimum absolute atomic E-state index is 0.0991. The highest BCUT2D eigenvalue weighted by Crippen LogP contribution is 2.37. The summed E-state index contributed by atoms with van der Waals surface area (Å²) < 4.78 is 5.65. The van der Waals surface area contributed by atoms with Crippen LogP contribution in [0.2, 0.25) is 5.02 Å². The predicted molar refractivity (Wildman–Crippen MR) is 119 cm³/mol. The van der Waals surface area contributed by atoms with Crippen LogP contribution in [0.1, 0.15) is 73.1 Å². The molecule has 29 heavy (non-hydrogen) atoms. The average molecular weight is 411 g/mol. The topological polar surface area (TPSA) is 26.3 Å². The Hall–Kier alpha value is -1.80. The molecule has 0 N–H and O–H groups in total. The van der Waals surface area contributed by atoms with Crippen molar-refractivity contribution in [2.75, 3.05) is 6.61 Å². The number of benzene rings is 2. The summed E-state index contributed by atoms with van der Waals surface area (Å²) in [5.41, 5.74) is 4.87. The number of ether oxygens (including phenoxy) is 1. The van der Waals surface area contributed by atoms with Gasteiger partial charge in [-0.3, -0.25) is 4.79 Å². The van der Waals surface area contributed by atoms with Crippen LogP contribution in [-0.4, -0.2) is 12.6 Å². The molecular formula is C26H31ClO2. The third-order valence-corrected chi connectivity index (χ3v) is 6.97. The standard InChI is InChI=1S/C26H31ClO2/c27-25-18-24-21(17-22(25)16-20-10-5-2-6-11-20)12-7-13-23(24)26(28)29-15-14-19-8-3-1-4-9-19/h1,3-4,8-9,17-18,20,23H,2,5-7,10-16H2. The fourth-order valence-corrected chi connectivity index (χ4v) is 5.25. The molecule has 0 spiro atoms. The number of aryl methyl sites for hydroxylation is 1. The predicted octanol–water partition coefficient (Wildman–Crippen LogP) is 6.67. The Kier molecular flexibility index (Phi) is 6.92. The van der Waals surface area contributed by atoms with Gasteiger partial charge in [-0.2, -0.15) is 0 Å². The van der Waals surface area contributed by atoms with Crippen LogP contribution in [-0.2, 0) is 28.8 Å². The lowest BCUT2D eigenvalue weighted by molar-refractivity contribution is -0.145. The van der Waals surface area contributed by atoms with Gasteiger partial charge in [0.05, 0.1) is 12.5 Å². The Morgan fingerprint density at radius 2 is 1.79 bits per heavy atom. The fourth-order valence-electron chi connectivity index (χ4n) is 5.00. The van der Waals surface area contributed by atoms with Gasteiger partial charge in [0.15, 0.2) is 0 Å². The monoisotopic (exact) mass is 410 g/mol. The van der Waals surface area contributed by atoms with Crippen LogP contribution in [0.5, 0.6) is 0 Å². The third-order valence-electron chi connectivity index (χ3n) is 6.62. The minimum Gasteiger partial charge on any atom is -0.465 e. The molecule has 2 aliphatic carbocycles. The van der Waals surface area contributed by atoms with Gasteiger partial charge in [-0.15, -0.1) is 0 Å². The smallest absolute Gasteiger partial charge is 0.313 e. The molecule has 0 amide bonds. The van der Waals surface area contributed by atoms with Gasteiger partial charge in [0.1, 0.15) is 0 Å². The highest BCUT2D eigenvalue weighted by Gasteiger charge is 2.29. The molecular weight excluding hydrogens is 380 g/mol. The molecule has 1 unspecified atom stereocenters. The van der Waals surface area contributed by atoms with Gasteiger partial charge in [-0.1, -0.05) is 80.1 Å². The van der Waals surface area contributed by atoms with Crippen molar-refractivity contribution in [1.82, 2.24) is 0 Å². The second-order valence-electron chi connectivity index (χ2n) is 8.70. The van der Waals surface area contributed by atoms with Crippen molar-refractivity contribution < 1.29 is 9.53 Å². The molecule has 3 heteroatoms. The van der Waals surface area contributed by atoms with Gasteiger partial charge in [-0.25, -0.2) is 0 Å². The number of carbonyl (C=O) groups is 1. The first-order chi connectivity index (χ1) is 14.2. The summed E-state index contributed by atoms with van der Waals surface area (Å²) in [7, 11) is 0. The van der Waals surface area contributed by atoms with Crippen LogP contribution >= 0.6 is 11.6 Å². The first kappa shape index (κ1) is 20.5. The van der Waals surface area contributed by atoms with Crippen molar-refractivity contribution in [3.8, 4) is 0 Å². The van der Waals surface area contributed by atoms with Crippen LogP contribution in [0.4, 0.5) is 0 Å². The summed E-state index contributed by atoms with van der Waals surface area (Å²) in [5, 5.41) is 0.832. The van der Waals surface area contributed by atoms with Gasteiger partial charge >= 0.3 is 5.97 Å². The van der Waals surface area contributed by atoms with Crippen LogP contribution in [0.3, 0.4) is 0 Å². The van der Waals surface area contributed by atoms with Crippen molar-refractivity contribution in [2.45, 2.75) is 70.1 Å². The Bertz CT molecular complexity index is 824. The number of rotatable bonds is 6. The molecule has 2 aromatic carbocycles. The average Bonchev–Trinajstić information content (AvgIpc) is 2.75. The molecule has 154 valence electrons. The Morgan fingerprint density at radius 3 is 2.59 bits per heavy atom. The van der Waals surface area contributed by atoms with E-state index < -0.39 is 0 Å². The van der Waals surface area contributed by atoms with Crippen molar-refractivity contribution in [1.29, 1.82) is 0 Å². The SMILES string of the molecule is O=C(OCCc1ccccc1)C1CCCc2cc(CC3CCCCC3)c(Cl)cc21. The van der Waals surface area contributed by atoms with Crippen LogP contribution in [0, 0.1) is 5.92 Å². The fraction of sp³-hybridized carbons (Fsp3) is 0.500. The zero-order chi connectivity index (χ0) is 20.1. The molecule has 2 aromatic rings. The summed E-state index contributed by atoms with van der Waals surface area (Å²) in [4.78, 5) is 12.8. The molecule has 4 rings (SSSR count). The van der Waals surface area contributed by atoms with E-state index in [1.807, 2.05) is 18.2 Å². The van der Waals surface area contributed by atoms with Crippen LogP contribution < -0.4 is 0 Å². The van der Waals surface area contributed by atoms with Gasteiger partial charge < -0.3 is 4.74 Å². The first-order valence-electron chi connectivity index (χ1n) is 11.2. The first-order valence-corrected chi connectivity index (χ1v) is 11.6. The largest absolute Gasteiger partial charge is 0.465 e. The molecule has 1 atom stereocenters. The number of fused-ring (bicyclic) bond motifs is 1. The Balaban J connectivity index is 1.41. The van der Waals surface area contributed by atoms with E-state index in [1.165, 1.54) is 48.8 Å². The molecule has 0 aliphatic heterocycles. The number of hydrogen-bond acceptors (Lipinski definition) is 2. The molecule has 0 heterocycles. The van der Waals surface area contributed by atoms with Crippen molar-refractivity contribution >= 4 is 17.6 Å². The van der Waals surface area contributed by atoms with Gasteiger partial charge in [-0.05, 0) is 59.9 Å². The Labute approximate surface area is 179 Å². The summed E-state index contributed by atoms with van der Waals surface area (Å²) in [6.07, 6.45) is 11.5. The van der Waals surface area contributed by atoms with E-state index in [2.05, 4.69) is 24.3 Å². The molecule has 0 radical (unpaired) electrons. The molecule has 0 aromatic heterocycles. The highest BCUT2D eigenvalue weighted by molar-refractivity contribution is 6.31. The summed E-state index contributed by atoms with van der Waals surface area (Å²) in [6.45, 7) is 0.433. The maximum atomic E-state index is 12.8. The number of carbonyl (C=O) groups excluding carboxylic acids is 1. The summed E-state index contributed by atoms with van der Waals surface area (Å²) >= 11 is 6.68. The van der Waals surface area contributed by atoms with Gasteiger partial charge in [0.25, 0.3) is 0 Å². The van der Waals surface area contributed by atoms with Gasteiger partial charge in [0, 0.05) is 11.4 Å². The third kappa shape index (κ3) is 5.22. The van der Waals surface area contributed by atoms with Gasteiger partial charge in [0.2, 0.25) is 0 Å². The quantitative estimate of drug-likeness (QED) is 0.497. The van der Waals surface area contributed by atoms with E-state index in [0.717, 1.165) is 48.6 Å². The zero-order valence-electron chi connectivity index (χ0n) is 17.2. The maximum absolute atomic E-state index is 12.8. The molecule has 1 fully saturated rings. The van der Waals surface area contributed by atoms with E-state index in [0.29, 0.717) is 6.61 Å². The Morgan fingerprint density at radius 1 is 1.00 bits per heavy atom. The zero-order valence-corrected chi connectivity index (χ0v) is 17.9. The molecule has 2 aliphatic rings. The maximum Gasteiger partial charge on any atom is 0.313 e. The lowest BCUT2D eigenvalue weighted by Crippen LogP contribution is -2.22. The van der Waals surface area contributed by atoms with E-state index >= 15 is 0 Å². The molecule has 0 saturated heterocycles. The summed E-state index contributed by atoms with van der Waals surface area (Å²) in [6, 6.07) is 14.5. The summed E-state index contributed by atoms with van der Waals surface area (Å²) in [5.74, 6) is 0.496. The van der Waals surface area contributed by atoms with E-state index in [-0.39, 0.29) is 11.9 Å². The second-order valence-corrected chi connectivity index (χ2v) is 9.11. The van der Waals surface area contributed by atoms with E-state index in [9.17, 15) is 4.79 Å². The number of halogens is 1.